The monoisotopic (exact) mass is 327 g/mol. The van der Waals surface area contributed by atoms with E-state index in [9.17, 15) is 0 Å². The summed E-state index contributed by atoms with van der Waals surface area (Å²) in [5, 5.41) is 4.49. The summed E-state index contributed by atoms with van der Waals surface area (Å²) in [4.78, 5) is 0. The third-order valence-corrected chi connectivity index (χ3v) is 3.35. The normalized spacial score (nSPS) is 11.1. The topological polar surface area (TPSA) is 34.4 Å². The molecule has 2 rings (SSSR count). The van der Waals surface area contributed by atoms with Crippen LogP contribution in [-0.2, 0) is 13.2 Å². The lowest BCUT2D eigenvalue weighted by molar-refractivity contribution is 0.268. The van der Waals surface area contributed by atoms with Gasteiger partial charge in [0.15, 0.2) is 0 Å². The highest BCUT2D eigenvalue weighted by Crippen LogP contribution is 2.25. The molecule has 0 fully saturated rings. The van der Waals surface area contributed by atoms with Gasteiger partial charge in [-0.05, 0) is 36.7 Å². The quantitative estimate of drug-likeness (QED) is 0.784. The minimum absolute atomic E-state index is 0.350. The summed E-state index contributed by atoms with van der Waals surface area (Å²) in [6.45, 7) is 6.44. The van der Waals surface area contributed by atoms with Crippen LogP contribution in [0.5, 0.6) is 5.75 Å². The van der Waals surface area contributed by atoms with Crippen LogP contribution < -0.4 is 10.1 Å². The van der Waals surface area contributed by atoms with E-state index in [0.29, 0.717) is 28.3 Å². The number of halogens is 2. The van der Waals surface area contributed by atoms with Crippen molar-refractivity contribution in [2.24, 2.45) is 5.92 Å². The Labute approximate surface area is 135 Å². The second-order valence-electron chi connectivity index (χ2n) is 5.29. The summed E-state index contributed by atoms with van der Waals surface area (Å²) >= 11 is 11.9. The average Bonchev–Trinajstić information content (AvgIpc) is 2.82. The highest BCUT2D eigenvalue weighted by Gasteiger charge is 2.08. The lowest BCUT2D eigenvalue weighted by Crippen LogP contribution is -2.19. The zero-order chi connectivity index (χ0) is 15.2. The molecule has 0 atom stereocenters. The van der Waals surface area contributed by atoms with E-state index in [1.54, 1.807) is 24.5 Å². The average molecular weight is 328 g/mol. The third-order valence-electron chi connectivity index (χ3n) is 2.91. The van der Waals surface area contributed by atoms with Gasteiger partial charge in [-0.15, -0.1) is 0 Å². The zero-order valence-electron chi connectivity index (χ0n) is 12.2. The number of hydrogen-bond acceptors (Lipinski definition) is 3. The van der Waals surface area contributed by atoms with Gasteiger partial charge in [0.05, 0.1) is 6.26 Å². The van der Waals surface area contributed by atoms with Gasteiger partial charge in [0.1, 0.15) is 18.1 Å². The van der Waals surface area contributed by atoms with E-state index in [2.05, 4.69) is 19.2 Å². The highest BCUT2D eigenvalue weighted by molar-refractivity contribution is 6.34. The summed E-state index contributed by atoms with van der Waals surface area (Å²) in [6.07, 6.45) is 1.68. The van der Waals surface area contributed by atoms with Gasteiger partial charge in [-0.3, -0.25) is 0 Å². The Morgan fingerprint density at radius 2 is 1.90 bits per heavy atom. The molecular formula is C16H19Cl2NO2. The molecule has 0 bridgehead atoms. The molecule has 0 saturated carbocycles. The molecule has 2 aromatic rings. The van der Waals surface area contributed by atoms with Crippen LogP contribution >= 0.6 is 23.2 Å². The molecule has 5 heteroatoms. The number of benzene rings is 1. The number of ether oxygens (including phenoxy) is 1. The second-order valence-corrected chi connectivity index (χ2v) is 6.16. The van der Waals surface area contributed by atoms with Crippen molar-refractivity contribution in [3.05, 3.63) is 51.9 Å². The number of nitrogens with one attached hydrogen (secondary N) is 1. The number of hydrogen-bond donors (Lipinski definition) is 1. The first kappa shape index (κ1) is 16.2. The van der Waals surface area contributed by atoms with Gasteiger partial charge in [0.25, 0.3) is 0 Å². The molecule has 3 nitrogen and oxygen atoms in total. The third kappa shape index (κ3) is 5.27. The van der Waals surface area contributed by atoms with Gasteiger partial charge in [-0.1, -0.05) is 37.0 Å². The van der Waals surface area contributed by atoms with Crippen molar-refractivity contribution < 1.29 is 9.15 Å². The molecule has 1 heterocycles. The molecule has 1 aromatic carbocycles. The van der Waals surface area contributed by atoms with Crippen molar-refractivity contribution in [2.45, 2.75) is 27.0 Å². The van der Waals surface area contributed by atoms with Gasteiger partial charge in [0.2, 0.25) is 0 Å². The summed E-state index contributed by atoms with van der Waals surface area (Å²) < 4.78 is 11.2. The predicted octanol–water partition coefficient (Wildman–Crippen LogP) is 4.91. The molecule has 0 spiro atoms. The minimum atomic E-state index is 0.350. The summed E-state index contributed by atoms with van der Waals surface area (Å²) in [5.41, 5.74) is 1.10. The number of rotatable bonds is 7. The Morgan fingerprint density at radius 3 is 2.57 bits per heavy atom. The molecular weight excluding hydrogens is 309 g/mol. The van der Waals surface area contributed by atoms with Crippen LogP contribution in [0.1, 0.15) is 25.2 Å². The Morgan fingerprint density at radius 1 is 1.19 bits per heavy atom. The molecule has 114 valence electrons. The van der Waals surface area contributed by atoms with Crippen LogP contribution in [0.3, 0.4) is 0 Å². The van der Waals surface area contributed by atoms with E-state index < -0.39 is 0 Å². The first-order chi connectivity index (χ1) is 10.0. The van der Waals surface area contributed by atoms with Gasteiger partial charge in [0, 0.05) is 22.2 Å². The molecule has 0 amide bonds. The zero-order valence-corrected chi connectivity index (χ0v) is 13.7. The standard InChI is InChI=1S/C16H19Cl2NO2/c1-11(2)8-19-9-12-3-4-20-16(12)10-21-15-6-13(17)5-14(18)7-15/h3-7,11,19H,8-10H2,1-2H3. The first-order valence-electron chi connectivity index (χ1n) is 6.89. The van der Waals surface area contributed by atoms with Crippen molar-refractivity contribution in [3.63, 3.8) is 0 Å². The molecule has 1 aromatic heterocycles. The SMILES string of the molecule is CC(C)CNCc1ccoc1COc1cc(Cl)cc(Cl)c1. The van der Waals surface area contributed by atoms with Crippen LogP contribution in [0, 0.1) is 5.92 Å². The van der Waals surface area contributed by atoms with Gasteiger partial charge >= 0.3 is 0 Å². The van der Waals surface area contributed by atoms with Gasteiger partial charge in [-0.2, -0.15) is 0 Å². The van der Waals surface area contributed by atoms with Crippen molar-refractivity contribution >= 4 is 23.2 Å². The molecule has 0 aliphatic rings. The Balaban J connectivity index is 1.92. The fraction of sp³-hybridized carbons (Fsp3) is 0.375. The maximum Gasteiger partial charge on any atom is 0.146 e. The first-order valence-corrected chi connectivity index (χ1v) is 7.65. The van der Waals surface area contributed by atoms with Crippen molar-refractivity contribution in [2.75, 3.05) is 6.54 Å². The molecule has 0 radical (unpaired) electrons. The fourth-order valence-corrected chi connectivity index (χ4v) is 2.41. The van der Waals surface area contributed by atoms with Crippen molar-refractivity contribution in [1.29, 1.82) is 0 Å². The molecule has 0 aliphatic heterocycles. The van der Waals surface area contributed by atoms with E-state index >= 15 is 0 Å². The Hall–Kier alpha value is -1.16. The second kappa shape index (κ2) is 7.74. The molecule has 0 aliphatic carbocycles. The lowest BCUT2D eigenvalue weighted by atomic mass is 10.2. The molecule has 21 heavy (non-hydrogen) atoms. The van der Waals surface area contributed by atoms with Gasteiger partial charge in [-0.25, -0.2) is 0 Å². The maximum absolute atomic E-state index is 5.94. The Kier molecular flexibility index (Phi) is 5.97. The maximum atomic E-state index is 5.94. The Bertz CT molecular complexity index is 561. The van der Waals surface area contributed by atoms with E-state index in [0.717, 1.165) is 24.4 Å². The van der Waals surface area contributed by atoms with Crippen LogP contribution in [0.4, 0.5) is 0 Å². The van der Waals surface area contributed by atoms with E-state index in [1.807, 2.05) is 6.07 Å². The number of furan rings is 1. The highest BCUT2D eigenvalue weighted by atomic mass is 35.5. The summed E-state index contributed by atoms with van der Waals surface area (Å²) in [7, 11) is 0. The van der Waals surface area contributed by atoms with Crippen LogP contribution in [0.2, 0.25) is 10.0 Å². The van der Waals surface area contributed by atoms with E-state index in [4.69, 9.17) is 32.4 Å². The largest absolute Gasteiger partial charge is 0.486 e. The molecule has 1 N–H and O–H groups in total. The molecule has 0 saturated heterocycles. The van der Waals surface area contributed by atoms with Crippen LogP contribution in [0.15, 0.2) is 34.9 Å². The van der Waals surface area contributed by atoms with E-state index in [1.165, 1.54) is 0 Å². The summed E-state index contributed by atoms with van der Waals surface area (Å²) in [6, 6.07) is 7.08. The predicted molar refractivity (Wildman–Crippen MR) is 86.0 cm³/mol. The van der Waals surface area contributed by atoms with Crippen LogP contribution in [-0.4, -0.2) is 6.54 Å². The van der Waals surface area contributed by atoms with Crippen molar-refractivity contribution in [3.8, 4) is 5.75 Å². The lowest BCUT2D eigenvalue weighted by Gasteiger charge is -2.09. The fourth-order valence-electron chi connectivity index (χ4n) is 1.91. The van der Waals surface area contributed by atoms with E-state index in [-0.39, 0.29) is 0 Å². The van der Waals surface area contributed by atoms with Gasteiger partial charge < -0.3 is 14.5 Å². The van der Waals surface area contributed by atoms with Crippen LogP contribution in [0.25, 0.3) is 0 Å². The van der Waals surface area contributed by atoms with Crippen molar-refractivity contribution in [1.82, 2.24) is 5.32 Å². The minimum Gasteiger partial charge on any atom is -0.486 e. The summed E-state index contributed by atoms with van der Waals surface area (Å²) in [5.74, 6) is 2.05. The molecule has 0 unspecified atom stereocenters. The smallest absolute Gasteiger partial charge is 0.146 e.